The lowest BCUT2D eigenvalue weighted by Crippen LogP contribution is -2.66. The van der Waals surface area contributed by atoms with Crippen LogP contribution in [0.3, 0.4) is 0 Å². The Morgan fingerprint density at radius 2 is 1.48 bits per heavy atom. The monoisotopic (exact) mass is 686 g/mol. The van der Waals surface area contributed by atoms with E-state index >= 15 is 0 Å². The molecular weight excluding hydrogens is 629 g/mol. The Hall–Kier alpha value is -3.08. The third-order valence-corrected chi connectivity index (χ3v) is 19.1. The van der Waals surface area contributed by atoms with Crippen molar-refractivity contribution in [3.63, 3.8) is 0 Å². The minimum Gasteiger partial charge on any atom is -0.403 e. The van der Waals surface area contributed by atoms with Gasteiger partial charge in [0.1, 0.15) is 11.6 Å². The maximum atomic E-state index is 13.2. The highest BCUT2D eigenvalue weighted by atomic mass is 28.4. The number of allylic oxidation sites excluding steroid dienone is 2. The van der Waals surface area contributed by atoms with Crippen LogP contribution in [0, 0.1) is 34.5 Å². The van der Waals surface area contributed by atoms with Crippen LogP contribution in [0.25, 0.3) is 0 Å². The highest BCUT2D eigenvalue weighted by molar-refractivity contribution is 6.99. The summed E-state index contributed by atoms with van der Waals surface area (Å²) in [5, 5.41) is 2.57. The summed E-state index contributed by atoms with van der Waals surface area (Å²) in [5.74, 6) is 3.00. The molecule has 4 aliphatic rings. The van der Waals surface area contributed by atoms with Crippen molar-refractivity contribution < 1.29 is 14.0 Å². The van der Waals surface area contributed by atoms with Gasteiger partial charge in [0.05, 0.1) is 6.61 Å². The van der Waals surface area contributed by atoms with Crippen LogP contribution in [0.1, 0.15) is 110 Å². The standard InChI is InChI=1S/C46H58O3Si/c1-33(47)41-24-25-43-40-23-22-36-31-37(48)26-29-45(36,5)42(40)27-30-46(41,43)28-12-13-34-18-20-35(21-19-34)32-49-50(44(2,3)4,38-14-8-6-9-15-38)39-16-10-7-11-17-39/h6-11,14-22,40-43H,12-13,23-32H2,1-5H3/t40-,41-,42-,43+,45-,46-/m1/s1. The first-order valence-corrected chi connectivity index (χ1v) is 21.4. The van der Waals surface area contributed by atoms with Crippen molar-refractivity contribution in [1.29, 1.82) is 0 Å². The molecule has 3 saturated carbocycles. The zero-order valence-electron chi connectivity index (χ0n) is 31.2. The molecule has 3 aromatic carbocycles. The van der Waals surface area contributed by atoms with Gasteiger partial charge < -0.3 is 4.43 Å². The highest BCUT2D eigenvalue weighted by Gasteiger charge is 2.61. The summed E-state index contributed by atoms with van der Waals surface area (Å²) in [6.07, 6.45) is 14.0. The van der Waals surface area contributed by atoms with E-state index < -0.39 is 8.32 Å². The normalized spacial score (nSPS) is 29.5. The number of hydrogen-bond acceptors (Lipinski definition) is 3. The number of ketones is 2. The molecule has 0 heterocycles. The Balaban J connectivity index is 1.05. The van der Waals surface area contributed by atoms with E-state index in [0.29, 0.717) is 42.3 Å². The molecule has 0 amide bonds. The molecule has 0 spiro atoms. The Kier molecular flexibility index (Phi) is 9.75. The summed E-state index contributed by atoms with van der Waals surface area (Å²) in [7, 11) is -2.59. The number of fused-ring (bicyclic) bond motifs is 5. The van der Waals surface area contributed by atoms with Crippen molar-refractivity contribution in [2.75, 3.05) is 0 Å². The van der Waals surface area contributed by atoms with Gasteiger partial charge in [-0.25, -0.2) is 0 Å². The Labute approximate surface area is 302 Å². The molecule has 0 aliphatic heterocycles. The lowest BCUT2D eigenvalue weighted by Gasteiger charge is -2.58. The molecule has 264 valence electrons. The third kappa shape index (κ3) is 6.13. The fourth-order valence-electron chi connectivity index (χ4n) is 11.8. The fourth-order valence-corrected chi connectivity index (χ4v) is 16.3. The van der Waals surface area contributed by atoms with Crippen molar-refractivity contribution in [3.8, 4) is 0 Å². The average molecular weight is 687 g/mol. The number of carbonyl (C=O) groups excluding carboxylic acids is 2. The van der Waals surface area contributed by atoms with Crippen molar-refractivity contribution >= 4 is 30.3 Å². The van der Waals surface area contributed by atoms with Gasteiger partial charge in [0.2, 0.25) is 0 Å². The first kappa shape index (κ1) is 35.3. The Morgan fingerprint density at radius 1 is 0.840 bits per heavy atom. The molecule has 0 unspecified atom stereocenters. The molecule has 50 heavy (non-hydrogen) atoms. The van der Waals surface area contributed by atoms with Crippen LogP contribution >= 0.6 is 0 Å². The minimum atomic E-state index is -2.59. The summed E-state index contributed by atoms with van der Waals surface area (Å²) >= 11 is 0. The SMILES string of the molecule is CC(=O)[C@H]1CC[C@H]2[C@@H]3CC=C4CC(=O)CC[C@@]4(C)[C@@H]3CC[C@]12CCCc1ccc(CO[Si](c2ccccc2)(c2ccccc2)C(C)(C)C)cc1. The zero-order chi connectivity index (χ0) is 35.1. The number of rotatable bonds is 10. The maximum Gasteiger partial charge on any atom is 0.261 e. The Bertz CT molecular complexity index is 1660. The first-order valence-electron chi connectivity index (χ1n) is 19.5. The smallest absolute Gasteiger partial charge is 0.261 e. The van der Waals surface area contributed by atoms with Crippen LogP contribution in [0.5, 0.6) is 0 Å². The lowest BCUT2D eigenvalue weighted by atomic mass is 9.46. The molecule has 3 nitrogen and oxygen atoms in total. The summed E-state index contributed by atoms with van der Waals surface area (Å²) in [5.41, 5.74) is 4.35. The molecule has 7 rings (SSSR count). The van der Waals surface area contributed by atoms with E-state index in [0.717, 1.165) is 44.9 Å². The molecule has 0 bridgehead atoms. The molecule has 3 aromatic rings. The van der Waals surface area contributed by atoms with Crippen LogP contribution < -0.4 is 10.4 Å². The molecule has 0 saturated heterocycles. The first-order chi connectivity index (χ1) is 24.0. The number of aryl methyl sites for hydroxylation is 1. The lowest BCUT2D eigenvalue weighted by molar-refractivity contribution is -0.130. The topological polar surface area (TPSA) is 43.4 Å². The fraction of sp³-hybridized carbons (Fsp3) is 0.522. The van der Waals surface area contributed by atoms with Gasteiger partial charge in [0, 0.05) is 18.8 Å². The van der Waals surface area contributed by atoms with E-state index in [4.69, 9.17) is 4.43 Å². The van der Waals surface area contributed by atoms with Crippen LogP contribution in [0.15, 0.2) is 96.6 Å². The van der Waals surface area contributed by atoms with Crippen LogP contribution in [-0.4, -0.2) is 19.9 Å². The summed E-state index contributed by atoms with van der Waals surface area (Å²) in [6.45, 7) is 11.9. The second-order valence-electron chi connectivity index (χ2n) is 17.6. The molecule has 4 heteroatoms. The maximum absolute atomic E-state index is 13.2. The van der Waals surface area contributed by atoms with E-state index in [1.807, 2.05) is 6.92 Å². The van der Waals surface area contributed by atoms with Crippen LogP contribution in [-0.2, 0) is 27.0 Å². The zero-order valence-corrected chi connectivity index (χ0v) is 32.2. The average Bonchev–Trinajstić information content (AvgIpc) is 3.50. The number of carbonyl (C=O) groups is 2. The summed E-state index contributed by atoms with van der Waals surface area (Å²) in [6, 6.07) is 30.9. The predicted octanol–water partition coefficient (Wildman–Crippen LogP) is 9.80. The van der Waals surface area contributed by atoms with Crippen molar-refractivity contribution in [1.82, 2.24) is 0 Å². The van der Waals surface area contributed by atoms with Gasteiger partial charge in [-0.1, -0.05) is 124 Å². The molecule has 0 N–H and O–H groups in total. The molecule has 3 fully saturated rings. The van der Waals surface area contributed by atoms with Crippen molar-refractivity contribution in [2.45, 2.75) is 117 Å². The van der Waals surface area contributed by atoms with E-state index in [2.05, 4.69) is 119 Å². The minimum absolute atomic E-state index is 0.0482. The Morgan fingerprint density at radius 3 is 2.10 bits per heavy atom. The van der Waals surface area contributed by atoms with Gasteiger partial charge in [-0.3, -0.25) is 9.59 Å². The second kappa shape index (κ2) is 13.8. The van der Waals surface area contributed by atoms with Crippen LogP contribution in [0.2, 0.25) is 5.04 Å². The molecule has 0 radical (unpaired) electrons. The molecule has 6 atom stereocenters. The van der Waals surface area contributed by atoms with Crippen LogP contribution in [0.4, 0.5) is 0 Å². The quantitative estimate of drug-likeness (QED) is 0.158. The van der Waals surface area contributed by atoms with E-state index in [1.165, 1.54) is 46.3 Å². The molecule has 4 aliphatic carbocycles. The second-order valence-corrected chi connectivity index (χ2v) is 21.9. The number of benzene rings is 3. The van der Waals surface area contributed by atoms with Gasteiger partial charge in [-0.2, -0.15) is 0 Å². The van der Waals surface area contributed by atoms with E-state index in [9.17, 15) is 9.59 Å². The van der Waals surface area contributed by atoms with Gasteiger partial charge in [0.25, 0.3) is 8.32 Å². The van der Waals surface area contributed by atoms with Crippen molar-refractivity contribution in [3.05, 3.63) is 108 Å². The van der Waals surface area contributed by atoms with Gasteiger partial charge in [-0.05, 0) is 120 Å². The van der Waals surface area contributed by atoms with Gasteiger partial charge in [0.15, 0.2) is 0 Å². The number of Topliss-reactive ketones (excluding diaryl/α,β-unsaturated/α-hetero) is 2. The third-order valence-electron chi connectivity index (χ3n) is 14.1. The summed E-state index contributed by atoms with van der Waals surface area (Å²) in [4.78, 5) is 25.5. The predicted molar refractivity (Wildman–Crippen MR) is 207 cm³/mol. The molecule has 0 aromatic heterocycles. The largest absolute Gasteiger partial charge is 0.403 e. The van der Waals surface area contributed by atoms with Gasteiger partial charge >= 0.3 is 0 Å². The number of hydrogen-bond donors (Lipinski definition) is 0. The highest BCUT2D eigenvalue weighted by Crippen LogP contribution is 2.67. The van der Waals surface area contributed by atoms with E-state index in [-0.39, 0.29) is 21.8 Å². The van der Waals surface area contributed by atoms with Crippen molar-refractivity contribution in [2.24, 2.45) is 34.5 Å². The molecular formula is C46H58O3Si. The summed E-state index contributed by atoms with van der Waals surface area (Å²) < 4.78 is 7.21. The van der Waals surface area contributed by atoms with Gasteiger partial charge in [-0.15, -0.1) is 0 Å². The van der Waals surface area contributed by atoms with E-state index in [1.54, 1.807) is 0 Å².